The summed E-state index contributed by atoms with van der Waals surface area (Å²) in [6.07, 6.45) is 4.97. The highest BCUT2D eigenvalue weighted by Crippen LogP contribution is 2.29. The molecule has 0 spiro atoms. The molecule has 1 rings (SSSR count). The molecular formula is C15H23NO3. The summed E-state index contributed by atoms with van der Waals surface area (Å²) in [6, 6.07) is 5.36. The van der Waals surface area contributed by atoms with Crippen molar-refractivity contribution in [1.29, 1.82) is 0 Å². The summed E-state index contributed by atoms with van der Waals surface area (Å²) in [5.41, 5.74) is 0.734. The van der Waals surface area contributed by atoms with Gasteiger partial charge in [-0.25, -0.2) is 0 Å². The molecule has 0 saturated heterocycles. The molecule has 0 heterocycles. The van der Waals surface area contributed by atoms with Crippen LogP contribution in [0.25, 0.3) is 0 Å². The number of hydrogen-bond donors (Lipinski definition) is 1. The predicted molar refractivity (Wildman–Crippen MR) is 76.9 cm³/mol. The molecule has 0 aliphatic rings. The van der Waals surface area contributed by atoms with Crippen LogP contribution in [0, 0.1) is 0 Å². The van der Waals surface area contributed by atoms with Crippen LogP contribution >= 0.6 is 0 Å². The Morgan fingerprint density at radius 1 is 1.11 bits per heavy atom. The molecular weight excluding hydrogens is 242 g/mol. The topological polar surface area (TPSA) is 47.6 Å². The first-order valence-electron chi connectivity index (χ1n) is 6.73. The maximum Gasteiger partial charge on any atom is 0.224 e. The predicted octanol–water partition coefficient (Wildman–Crippen LogP) is 3.61. The van der Waals surface area contributed by atoms with Crippen molar-refractivity contribution in [3.8, 4) is 11.5 Å². The van der Waals surface area contributed by atoms with Crippen molar-refractivity contribution in [2.75, 3.05) is 19.5 Å². The Morgan fingerprint density at radius 3 is 2.47 bits per heavy atom. The van der Waals surface area contributed by atoms with Gasteiger partial charge in [-0.15, -0.1) is 0 Å². The summed E-state index contributed by atoms with van der Waals surface area (Å²) >= 11 is 0. The molecule has 0 aliphatic carbocycles. The summed E-state index contributed by atoms with van der Waals surface area (Å²) in [6.45, 7) is 2.16. The van der Waals surface area contributed by atoms with Crippen molar-refractivity contribution < 1.29 is 14.3 Å². The lowest BCUT2D eigenvalue weighted by Gasteiger charge is -2.10. The van der Waals surface area contributed by atoms with E-state index in [4.69, 9.17) is 9.47 Å². The summed E-state index contributed by atoms with van der Waals surface area (Å²) in [5, 5.41) is 2.87. The third-order valence-corrected chi connectivity index (χ3v) is 2.92. The first kappa shape index (κ1) is 15.3. The fourth-order valence-electron chi connectivity index (χ4n) is 1.85. The molecule has 106 valence electrons. The molecule has 0 atom stereocenters. The first-order chi connectivity index (χ1) is 9.21. The zero-order valence-electron chi connectivity index (χ0n) is 12.0. The van der Waals surface area contributed by atoms with Gasteiger partial charge in [-0.05, 0) is 18.6 Å². The number of nitrogens with one attached hydrogen (secondary N) is 1. The second-order valence-electron chi connectivity index (χ2n) is 4.43. The second kappa shape index (κ2) is 8.40. The van der Waals surface area contributed by atoms with E-state index in [0.717, 1.165) is 18.5 Å². The highest BCUT2D eigenvalue weighted by molar-refractivity contribution is 5.91. The normalized spacial score (nSPS) is 10.1. The van der Waals surface area contributed by atoms with Gasteiger partial charge >= 0.3 is 0 Å². The summed E-state index contributed by atoms with van der Waals surface area (Å²) in [7, 11) is 3.16. The van der Waals surface area contributed by atoms with Crippen LogP contribution < -0.4 is 14.8 Å². The van der Waals surface area contributed by atoms with Crippen LogP contribution in [0.5, 0.6) is 11.5 Å². The molecule has 0 bridgehead atoms. The van der Waals surface area contributed by atoms with Crippen molar-refractivity contribution in [3.05, 3.63) is 18.2 Å². The van der Waals surface area contributed by atoms with Gasteiger partial charge in [-0.2, -0.15) is 0 Å². The largest absolute Gasteiger partial charge is 0.493 e. The molecule has 4 nitrogen and oxygen atoms in total. The lowest BCUT2D eigenvalue weighted by Crippen LogP contribution is -2.11. The molecule has 0 fully saturated rings. The van der Waals surface area contributed by atoms with Gasteiger partial charge in [0.1, 0.15) is 0 Å². The second-order valence-corrected chi connectivity index (χ2v) is 4.43. The number of unbranched alkanes of at least 4 members (excludes halogenated alkanes) is 3. The Labute approximate surface area is 115 Å². The van der Waals surface area contributed by atoms with Gasteiger partial charge in [-0.1, -0.05) is 26.2 Å². The number of amides is 1. The molecule has 0 saturated carbocycles. The SMILES string of the molecule is CCCCCCC(=O)Nc1ccc(OC)c(OC)c1. The zero-order chi connectivity index (χ0) is 14.1. The van der Waals surface area contributed by atoms with E-state index in [1.807, 2.05) is 6.07 Å². The maximum atomic E-state index is 11.7. The monoisotopic (exact) mass is 265 g/mol. The van der Waals surface area contributed by atoms with Crippen LogP contribution in [0.4, 0.5) is 5.69 Å². The maximum absolute atomic E-state index is 11.7. The molecule has 1 aromatic carbocycles. The number of ether oxygens (including phenoxy) is 2. The fraction of sp³-hybridized carbons (Fsp3) is 0.533. The van der Waals surface area contributed by atoms with Crippen LogP contribution in [0.3, 0.4) is 0 Å². The average molecular weight is 265 g/mol. The lowest BCUT2D eigenvalue weighted by atomic mass is 10.1. The molecule has 1 aromatic rings. The van der Waals surface area contributed by atoms with Crippen molar-refractivity contribution in [3.63, 3.8) is 0 Å². The van der Waals surface area contributed by atoms with Crippen molar-refractivity contribution in [1.82, 2.24) is 0 Å². The fourth-order valence-corrected chi connectivity index (χ4v) is 1.85. The third-order valence-electron chi connectivity index (χ3n) is 2.92. The van der Waals surface area contributed by atoms with Crippen LogP contribution in [-0.4, -0.2) is 20.1 Å². The Kier molecular flexibility index (Phi) is 6.79. The average Bonchev–Trinajstić information content (AvgIpc) is 2.43. The number of anilines is 1. The number of methoxy groups -OCH3 is 2. The van der Waals surface area contributed by atoms with E-state index >= 15 is 0 Å². The van der Waals surface area contributed by atoms with E-state index in [1.165, 1.54) is 12.8 Å². The van der Waals surface area contributed by atoms with Crippen LogP contribution in [0.15, 0.2) is 18.2 Å². The van der Waals surface area contributed by atoms with Gasteiger partial charge in [-0.3, -0.25) is 4.79 Å². The van der Waals surface area contributed by atoms with Gasteiger partial charge in [0, 0.05) is 18.2 Å². The Balaban J connectivity index is 2.50. The van der Waals surface area contributed by atoms with E-state index < -0.39 is 0 Å². The molecule has 1 amide bonds. The zero-order valence-corrected chi connectivity index (χ0v) is 12.0. The summed E-state index contributed by atoms with van der Waals surface area (Å²) < 4.78 is 10.3. The van der Waals surface area contributed by atoms with Gasteiger partial charge in [0.15, 0.2) is 11.5 Å². The third kappa shape index (κ3) is 5.20. The minimum absolute atomic E-state index is 0.0447. The highest BCUT2D eigenvalue weighted by Gasteiger charge is 2.07. The van der Waals surface area contributed by atoms with Gasteiger partial charge < -0.3 is 14.8 Å². The van der Waals surface area contributed by atoms with Crippen molar-refractivity contribution >= 4 is 11.6 Å². The minimum Gasteiger partial charge on any atom is -0.493 e. The van der Waals surface area contributed by atoms with Gasteiger partial charge in [0.25, 0.3) is 0 Å². The lowest BCUT2D eigenvalue weighted by molar-refractivity contribution is -0.116. The van der Waals surface area contributed by atoms with Crippen molar-refractivity contribution in [2.24, 2.45) is 0 Å². The highest BCUT2D eigenvalue weighted by atomic mass is 16.5. The van der Waals surface area contributed by atoms with E-state index in [2.05, 4.69) is 12.2 Å². The standard InChI is InChI=1S/C15H23NO3/c1-4-5-6-7-8-15(17)16-12-9-10-13(18-2)14(11-12)19-3/h9-11H,4-8H2,1-3H3,(H,16,17). The number of benzene rings is 1. The van der Waals surface area contributed by atoms with E-state index in [0.29, 0.717) is 17.9 Å². The van der Waals surface area contributed by atoms with Crippen molar-refractivity contribution in [2.45, 2.75) is 39.0 Å². The van der Waals surface area contributed by atoms with Gasteiger partial charge in [0.05, 0.1) is 14.2 Å². The Hall–Kier alpha value is -1.71. The summed E-state index contributed by atoms with van der Waals surface area (Å²) in [5.74, 6) is 1.32. The number of carbonyl (C=O) groups is 1. The molecule has 0 radical (unpaired) electrons. The van der Waals surface area contributed by atoms with Gasteiger partial charge in [0.2, 0.25) is 5.91 Å². The van der Waals surface area contributed by atoms with Crippen LogP contribution in [0.1, 0.15) is 39.0 Å². The minimum atomic E-state index is 0.0447. The number of rotatable bonds is 8. The summed E-state index contributed by atoms with van der Waals surface area (Å²) in [4.78, 5) is 11.7. The molecule has 0 aromatic heterocycles. The van der Waals surface area contributed by atoms with Crippen LogP contribution in [0.2, 0.25) is 0 Å². The molecule has 19 heavy (non-hydrogen) atoms. The van der Waals surface area contributed by atoms with E-state index in [1.54, 1.807) is 26.4 Å². The molecule has 0 unspecified atom stereocenters. The Morgan fingerprint density at radius 2 is 1.84 bits per heavy atom. The molecule has 4 heteroatoms. The number of carbonyl (C=O) groups excluding carboxylic acids is 1. The van der Waals surface area contributed by atoms with E-state index in [9.17, 15) is 4.79 Å². The Bertz CT molecular complexity index is 404. The molecule has 0 aliphatic heterocycles. The smallest absolute Gasteiger partial charge is 0.224 e. The quantitative estimate of drug-likeness (QED) is 0.730. The number of hydrogen-bond acceptors (Lipinski definition) is 3. The van der Waals surface area contributed by atoms with E-state index in [-0.39, 0.29) is 5.91 Å². The van der Waals surface area contributed by atoms with Crippen LogP contribution in [-0.2, 0) is 4.79 Å². The molecule has 1 N–H and O–H groups in total. The first-order valence-corrected chi connectivity index (χ1v) is 6.73.